The van der Waals surface area contributed by atoms with Crippen molar-refractivity contribution in [2.75, 3.05) is 13.6 Å². The lowest BCUT2D eigenvalue weighted by atomic mass is 9.88. The lowest BCUT2D eigenvalue weighted by Crippen LogP contribution is -2.52. The highest BCUT2D eigenvalue weighted by molar-refractivity contribution is 5.23. The van der Waals surface area contributed by atoms with E-state index in [2.05, 4.69) is 24.1 Å². The van der Waals surface area contributed by atoms with Gasteiger partial charge in [0.2, 0.25) is 0 Å². The van der Waals surface area contributed by atoms with Gasteiger partial charge in [0.1, 0.15) is 23.8 Å². The molecule has 0 radical (unpaired) electrons. The molecular weight excluding hydrogens is 317 g/mol. The van der Waals surface area contributed by atoms with Crippen molar-refractivity contribution >= 4 is 0 Å². The first kappa shape index (κ1) is 17.9. The van der Waals surface area contributed by atoms with E-state index in [1.807, 2.05) is 18.2 Å². The summed E-state index contributed by atoms with van der Waals surface area (Å²) in [5.41, 5.74) is 1.30. The maximum Gasteiger partial charge on any atom is 0.126 e. The first-order chi connectivity index (χ1) is 12.1. The predicted octanol–water partition coefficient (Wildman–Crippen LogP) is 3.66. The second-order valence-corrected chi connectivity index (χ2v) is 6.82. The van der Waals surface area contributed by atoms with Crippen molar-refractivity contribution in [2.45, 2.75) is 43.9 Å². The van der Waals surface area contributed by atoms with Crippen molar-refractivity contribution in [3.8, 4) is 5.75 Å². The van der Waals surface area contributed by atoms with E-state index >= 15 is 0 Å². The molecule has 0 amide bonds. The van der Waals surface area contributed by atoms with E-state index in [9.17, 15) is 9.50 Å². The number of nitrogens with zero attached hydrogens (tertiary/aromatic N) is 1. The maximum absolute atomic E-state index is 13.3. The zero-order valence-corrected chi connectivity index (χ0v) is 14.6. The Hall–Kier alpha value is -1.91. The molecule has 1 N–H and O–H groups in total. The van der Waals surface area contributed by atoms with Gasteiger partial charge < -0.3 is 14.7 Å². The van der Waals surface area contributed by atoms with Crippen LogP contribution in [0.5, 0.6) is 5.75 Å². The minimum atomic E-state index is -0.571. The number of aliphatic hydroxyl groups excluding tert-OH is 1. The standard InChI is InChI=1S/C21H26FNO2/c1-23(14-13-16-7-3-2-4-8-16)19-11-6-12-20(21(19)24)25-18-10-5-9-17(22)15-18/h2-5,7-10,15,19-21,24H,6,11-14H2,1H3/t19-,20+,21+/m1/s1. The fraction of sp³-hybridized carbons (Fsp3) is 0.429. The molecule has 2 aromatic rings. The van der Waals surface area contributed by atoms with Crippen molar-refractivity contribution in [1.82, 2.24) is 4.90 Å². The molecule has 3 nitrogen and oxygen atoms in total. The van der Waals surface area contributed by atoms with Gasteiger partial charge in [-0.3, -0.25) is 0 Å². The molecule has 0 aliphatic heterocycles. The second kappa shape index (κ2) is 8.45. The van der Waals surface area contributed by atoms with E-state index in [4.69, 9.17) is 4.74 Å². The molecule has 1 aliphatic carbocycles. The van der Waals surface area contributed by atoms with Crippen molar-refractivity contribution in [2.24, 2.45) is 0 Å². The highest BCUT2D eigenvalue weighted by Crippen LogP contribution is 2.27. The van der Waals surface area contributed by atoms with E-state index in [0.717, 1.165) is 32.2 Å². The Kier molecular flexibility index (Phi) is 6.05. The van der Waals surface area contributed by atoms with Gasteiger partial charge in [-0.15, -0.1) is 0 Å². The molecule has 0 unspecified atom stereocenters. The first-order valence-corrected chi connectivity index (χ1v) is 8.98. The van der Waals surface area contributed by atoms with Crippen molar-refractivity contribution in [3.05, 3.63) is 66.0 Å². The van der Waals surface area contributed by atoms with Crippen LogP contribution >= 0.6 is 0 Å². The fourth-order valence-electron chi connectivity index (χ4n) is 3.56. The van der Waals surface area contributed by atoms with Gasteiger partial charge in [-0.25, -0.2) is 4.39 Å². The summed E-state index contributed by atoms with van der Waals surface area (Å²) in [4.78, 5) is 2.22. The van der Waals surface area contributed by atoms with Gasteiger partial charge >= 0.3 is 0 Å². The Labute approximate surface area is 149 Å². The summed E-state index contributed by atoms with van der Waals surface area (Å²) in [5.74, 6) is 0.163. The lowest BCUT2D eigenvalue weighted by Gasteiger charge is -2.39. The van der Waals surface area contributed by atoms with Crippen LogP contribution in [-0.2, 0) is 6.42 Å². The van der Waals surface area contributed by atoms with Gasteiger partial charge in [0.25, 0.3) is 0 Å². The molecule has 4 heteroatoms. The van der Waals surface area contributed by atoms with Crippen LogP contribution in [-0.4, -0.2) is 41.8 Å². The largest absolute Gasteiger partial charge is 0.488 e. The zero-order valence-electron chi connectivity index (χ0n) is 14.6. The minimum Gasteiger partial charge on any atom is -0.488 e. The van der Waals surface area contributed by atoms with Crippen molar-refractivity contribution in [3.63, 3.8) is 0 Å². The van der Waals surface area contributed by atoms with Gasteiger partial charge in [0.05, 0.1) is 0 Å². The van der Waals surface area contributed by atoms with Crippen LogP contribution in [0, 0.1) is 5.82 Å². The number of halogens is 1. The Morgan fingerprint density at radius 2 is 1.92 bits per heavy atom. The lowest BCUT2D eigenvalue weighted by molar-refractivity contribution is -0.0470. The van der Waals surface area contributed by atoms with Crippen LogP contribution in [0.15, 0.2) is 54.6 Å². The summed E-state index contributed by atoms with van der Waals surface area (Å²) < 4.78 is 19.2. The number of hydrogen-bond donors (Lipinski definition) is 1. The fourth-order valence-corrected chi connectivity index (χ4v) is 3.56. The summed E-state index contributed by atoms with van der Waals surface area (Å²) in [5, 5.41) is 10.8. The van der Waals surface area contributed by atoms with Gasteiger partial charge in [-0.05, 0) is 50.4 Å². The Morgan fingerprint density at radius 1 is 1.12 bits per heavy atom. The van der Waals surface area contributed by atoms with Gasteiger partial charge in [-0.1, -0.05) is 36.4 Å². The first-order valence-electron chi connectivity index (χ1n) is 8.98. The second-order valence-electron chi connectivity index (χ2n) is 6.82. The molecule has 1 fully saturated rings. The van der Waals surface area contributed by atoms with E-state index in [0.29, 0.717) is 5.75 Å². The summed E-state index contributed by atoms with van der Waals surface area (Å²) in [6.45, 7) is 0.887. The molecule has 1 aliphatic rings. The normalized spacial score (nSPS) is 23.6. The van der Waals surface area contributed by atoms with Gasteiger partial charge in [-0.2, -0.15) is 0 Å². The third kappa shape index (κ3) is 4.80. The minimum absolute atomic E-state index is 0.0658. The molecule has 0 saturated heterocycles. The maximum atomic E-state index is 13.3. The number of rotatable bonds is 6. The molecule has 3 rings (SSSR count). The number of ether oxygens (including phenoxy) is 1. The van der Waals surface area contributed by atoms with Crippen LogP contribution in [0.1, 0.15) is 24.8 Å². The van der Waals surface area contributed by atoms with Crippen molar-refractivity contribution in [1.29, 1.82) is 0 Å². The van der Waals surface area contributed by atoms with Crippen LogP contribution in [0.4, 0.5) is 4.39 Å². The predicted molar refractivity (Wildman–Crippen MR) is 97.2 cm³/mol. The molecule has 1 saturated carbocycles. The Bertz CT molecular complexity index is 664. The Morgan fingerprint density at radius 3 is 2.68 bits per heavy atom. The summed E-state index contributed by atoms with van der Waals surface area (Å²) >= 11 is 0. The van der Waals surface area contributed by atoms with E-state index in [1.54, 1.807) is 12.1 Å². The van der Waals surface area contributed by atoms with E-state index in [1.165, 1.54) is 17.7 Å². The van der Waals surface area contributed by atoms with Crippen molar-refractivity contribution < 1.29 is 14.2 Å². The third-order valence-corrected chi connectivity index (χ3v) is 5.01. The summed E-state index contributed by atoms with van der Waals surface area (Å²) in [6, 6.07) is 16.6. The summed E-state index contributed by atoms with van der Waals surface area (Å²) in [7, 11) is 2.06. The SMILES string of the molecule is CN(CCc1ccccc1)[C@@H]1CCC[C@H](Oc2cccc(F)c2)[C@H]1O. The van der Waals surface area contributed by atoms with Gasteiger partial charge in [0.15, 0.2) is 0 Å². The Balaban J connectivity index is 1.58. The molecule has 2 aromatic carbocycles. The van der Waals surface area contributed by atoms with E-state index < -0.39 is 6.10 Å². The molecule has 0 aromatic heterocycles. The topological polar surface area (TPSA) is 32.7 Å². The smallest absolute Gasteiger partial charge is 0.126 e. The van der Waals surface area contributed by atoms with Crippen LogP contribution in [0.25, 0.3) is 0 Å². The molecule has 0 heterocycles. The highest BCUT2D eigenvalue weighted by Gasteiger charge is 2.35. The number of benzene rings is 2. The van der Waals surface area contributed by atoms with Crippen LogP contribution in [0.3, 0.4) is 0 Å². The van der Waals surface area contributed by atoms with Crippen LogP contribution < -0.4 is 4.74 Å². The molecular formula is C21H26FNO2. The quantitative estimate of drug-likeness (QED) is 0.869. The summed E-state index contributed by atoms with van der Waals surface area (Å²) in [6.07, 6.45) is 2.83. The molecule has 25 heavy (non-hydrogen) atoms. The molecule has 3 atom stereocenters. The van der Waals surface area contributed by atoms with E-state index in [-0.39, 0.29) is 18.0 Å². The number of likely N-dealkylation sites (N-methyl/N-ethyl adjacent to an activating group) is 1. The van der Waals surface area contributed by atoms with Crippen LogP contribution in [0.2, 0.25) is 0 Å². The molecule has 0 bridgehead atoms. The monoisotopic (exact) mass is 343 g/mol. The number of aliphatic hydroxyl groups is 1. The number of hydrogen-bond acceptors (Lipinski definition) is 3. The molecule has 134 valence electrons. The van der Waals surface area contributed by atoms with Gasteiger partial charge in [0, 0.05) is 18.7 Å². The zero-order chi connectivity index (χ0) is 17.6. The third-order valence-electron chi connectivity index (χ3n) is 5.01. The average molecular weight is 343 g/mol. The average Bonchev–Trinajstić information content (AvgIpc) is 2.62. The molecule has 0 spiro atoms. The highest BCUT2D eigenvalue weighted by atomic mass is 19.1.